The van der Waals surface area contributed by atoms with Gasteiger partial charge in [-0.1, -0.05) is 0 Å². The first kappa shape index (κ1) is 12.1. The molecular formula is C12H7N5O2. The molecule has 7 nitrogen and oxygen atoms in total. The van der Waals surface area contributed by atoms with Crippen LogP contribution in [0.1, 0.15) is 21.7 Å². The third-order valence-corrected chi connectivity index (χ3v) is 2.52. The van der Waals surface area contributed by atoms with Crippen molar-refractivity contribution in [2.75, 3.05) is 5.73 Å². The van der Waals surface area contributed by atoms with Crippen LogP contribution in [-0.2, 0) is 0 Å². The summed E-state index contributed by atoms with van der Waals surface area (Å²) in [5, 5.41) is 26.8. The largest absolute Gasteiger partial charge is 0.478 e. The van der Waals surface area contributed by atoms with E-state index >= 15 is 0 Å². The maximum Gasteiger partial charge on any atom is 0.335 e. The highest BCUT2D eigenvalue weighted by molar-refractivity contribution is 5.89. The third-order valence-electron chi connectivity index (χ3n) is 2.52. The van der Waals surface area contributed by atoms with Gasteiger partial charge >= 0.3 is 5.97 Å². The zero-order chi connectivity index (χ0) is 14.0. The van der Waals surface area contributed by atoms with Crippen LogP contribution in [0.5, 0.6) is 0 Å². The van der Waals surface area contributed by atoms with E-state index in [4.69, 9.17) is 21.4 Å². The molecule has 0 saturated carbocycles. The van der Waals surface area contributed by atoms with Crippen LogP contribution in [-0.4, -0.2) is 20.6 Å². The van der Waals surface area contributed by atoms with Gasteiger partial charge in [0.25, 0.3) is 0 Å². The maximum absolute atomic E-state index is 10.9. The molecule has 0 atom stereocenters. The molecule has 2 aromatic rings. The molecule has 0 saturated heterocycles. The lowest BCUT2D eigenvalue weighted by molar-refractivity contribution is 0.0697. The summed E-state index contributed by atoms with van der Waals surface area (Å²) in [7, 11) is 0. The highest BCUT2D eigenvalue weighted by Gasteiger charge is 2.15. The number of benzene rings is 1. The Morgan fingerprint density at radius 3 is 2.68 bits per heavy atom. The van der Waals surface area contributed by atoms with Crippen molar-refractivity contribution in [3.05, 3.63) is 41.5 Å². The van der Waals surface area contributed by atoms with Crippen LogP contribution in [0.25, 0.3) is 5.69 Å². The van der Waals surface area contributed by atoms with Crippen molar-refractivity contribution in [2.24, 2.45) is 0 Å². The molecular weight excluding hydrogens is 246 g/mol. The summed E-state index contributed by atoms with van der Waals surface area (Å²) in [5.74, 6) is -1.11. The number of anilines is 1. The summed E-state index contributed by atoms with van der Waals surface area (Å²) in [6, 6.07) is 7.73. The molecule has 1 aromatic heterocycles. The number of hydrogen-bond acceptors (Lipinski definition) is 5. The molecule has 0 spiro atoms. The van der Waals surface area contributed by atoms with Crippen LogP contribution in [0.4, 0.5) is 5.69 Å². The van der Waals surface area contributed by atoms with E-state index in [1.807, 2.05) is 6.07 Å². The average molecular weight is 253 g/mol. The first-order chi connectivity index (χ1) is 9.08. The van der Waals surface area contributed by atoms with Gasteiger partial charge in [0.05, 0.1) is 16.9 Å². The number of nitrogen functional groups attached to an aromatic ring is 1. The van der Waals surface area contributed by atoms with Gasteiger partial charge in [-0.3, -0.25) is 4.57 Å². The minimum atomic E-state index is -1.11. The van der Waals surface area contributed by atoms with E-state index in [-0.39, 0.29) is 22.6 Å². The van der Waals surface area contributed by atoms with Gasteiger partial charge in [0.2, 0.25) is 0 Å². The van der Waals surface area contributed by atoms with Crippen molar-refractivity contribution in [2.45, 2.75) is 0 Å². The fraction of sp³-hybridized carbons (Fsp3) is 0. The Morgan fingerprint density at radius 1 is 1.37 bits per heavy atom. The lowest BCUT2D eigenvalue weighted by Gasteiger charge is -2.08. The summed E-state index contributed by atoms with van der Waals surface area (Å²) in [4.78, 5) is 14.7. The number of imidazole rings is 1. The summed E-state index contributed by atoms with van der Waals surface area (Å²) >= 11 is 0. The summed E-state index contributed by atoms with van der Waals surface area (Å²) in [5.41, 5.74) is 6.34. The molecule has 0 aliphatic rings. The van der Waals surface area contributed by atoms with Gasteiger partial charge in [-0.25, -0.2) is 9.78 Å². The van der Waals surface area contributed by atoms with E-state index in [0.29, 0.717) is 5.69 Å². The maximum atomic E-state index is 10.9. The zero-order valence-electron chi connectivity index (χ0n) is 9.53. The minimum Gasteiger partial charge on any atom is -0.478 e. The highest BCUT2D eigenvalue weighted by atomic mass is 16.4. The van der Waals surface area contributed by atoms with Crippen LogP contribution in [0.2, 0.25) is 0 Å². The predicted molar refractivity (Wildman–Crippen MR) is 64.4 cm³/mol. The Hall–Kier alpha value is -3.32. The molecule has 0 aliphatic carbocycles. The molecule has 0 fully saturated rings. The van der Waals surface area contributed by atoms with E-state index in [1.165, 1.54) is 29.1 Å². The molecule has 7 heteroatoms. The Morgan fingerprint density at radius 2 is 2.11 bits per heavy atom. The molecule has 0 amide bonds. The van der Waals surface area contributed by atoms with Gasteiger partial charge in [-0.15, -0.1) is 0 Å². The monoisotopic (exact) mass is 253 g/mol. The lowest BCUT2D eigenvalue weighted by atomic mass is 10.1. The third kappa shape index (κ3) is 1.96. The number of nitrogens with two attached hydrogens (primary N) is 1. The van der Waals surface area contributed by atoms with Gasteiger partial charge in [0.1, 0.15) is 18.5 Å². The van der Waals surface area contributed by atoms with Gasteiger partial charge in [-0.2, -0.15) is 10.5 Å². The first-order valence-electron chi connectivity index (χ1n) is 5.09. The second-order valence-electron chi connectivity index (χ2n) is 3.61. The number of aromatic carboxylic acids is 1. The molecule has 1 aromatic carbocycles. The van der Waals surface area contributed by atoms with Crippen molar-refractivity contribution in [3.8, 4) is 17.8 Å². The quantitative estimate of drug-likeness (QED) is 0.765. The van der Waals surface area contributed by atoms with Crippen LogP contribution in [0, 0.1) is 22.7 Å². The number of hydrogen-bond donors (Lipinski definition) is 2. The van der Waals surface area contributed by atoms with Crippen molar-refractivity contribution in [3.63, 3.8) is 0 Å². The topological polar surface area (TPSA) is 129 Å². The van der Waals surface area contributed by atoms with Gasteiger partial charge < -0.3 is 10.8 Å². The van der Waals surface area contributed by atoms with Crippen molar-refractivity contribution in [1.29, 1.82) is 10.5 Å². The van der Waals surface area contributed by atoms with Gasteiger partial charge in [0, 0.05) is 0 Å². The fourth-order valence-corrected chi connectivity index (χ4v) is 1.61. The number of rotatable bonds is 2. The van der Waals surface area contributed by atoms with Gasteiger partial charge in [-0.05, 0) is 18.2 Å². The van der Waals surface area contributed by atoms with Crippen LogP contribution >= 0.6 is 0 Å². The Kier molecular flexibility index (Phi) is 2.88. The number of nitriles is 2. The molecule has 92 valence electrons. The molecule has 0 radical (unpaired) electrons. The van der Waals surface area contributed by atoms with Gasteiger partial charge in [0.15, 0.2) is 11.4 Å². The fourth-order valence-electron chi connectivity index (χ4n) is 1.61. The minimum absolute atomic E-state index is 0.0109. The van der Waals surface area contributed by atoms with E-state index < -0.39 is 5.97 Å². The van der Waals surface area contributed by atoms with Crippen LogP contribution < -0.4 is 5.73 Å². The SMILES string of the molecule is N#Cc1ncn(-c2cc(C(=O)O)ccc2N)c1C#N. The average Bonchev–Trinajstić information content (AvgIpc) is 2.81. The molecule has 0 unspecified atom stereocenters. The number of aromatic nitrogens is 2. The molecule has 0 aliphatic heterocycles. The first-order valence-corrected chi connectivity index (χ1v) is 5.09. The zero-order valence-corrected chi connectivity index (χ0v) is 9.53. The van der Waals surface area contributed by atoms with Crippen LogP contribution in [0.3, 0.4) is 0 Å². The molecule has 0 bridgehead atoms. The van der Waals surface area contributed by atoms with E-state index in [2.05, 4.69) is 4.98 Å². The van der Waals surface area contributed by atoms with Crippen molar-refractivity contribution in [1.82, 2.24) is 9.55 Å². The lowest BCUT2D eigenvalue weighted by Crippen LogP contribution is -2.05. The van der Waals surface area contributed by atoms with Crippen molar-refractivity contribution >= 4 is 11.7 Å². The Balaban J connectivity index is 2.69. The smallest absolute Gasteiger partial charge is 0.335 e. The molecule has 19 heavy (non-hydrogen) atoms. The summed E-state index contributed by atoms with van der Waals surface area (Å²) in [6.07, 6.45) is 1.26. The Bertz CT molecular complexity index is 748. The highest BCUT2D eigenvalue weighted by Crippen LogP contribution is 2.22. The van der Waals surface area contributed by atoms with E-state index in [0.717, 1.165) is 0 Å². The number of nitrogens with zero attached hydrogens (tertiary/aromatic N) is 4. The molecule has 3 N–H and O–H groups in total. The second kappa shape index (κ2) is 4.51. The predicted octanol–water partition coefficient (Wildman–Crippen LogP) is 0.896. The number of carbonyl (C=O) groups is 1. The van der Waals surface area contributed by atoms with E-state index in [1.54, 1.807) is 6.07 Å². The standard InChI is InChI=1S/C12H7N5O2/c13-4-9-11(5-14)17(6-16-9)10-3-7(12(18)19)1-2-8(10)15/h1-3,6H,15H2,(H,18,19). The summed E-state index contributed by atoms with van der Waals surface area (Å²) < 4.78 is 1.29. The Labute approximate surface area is 107 Å². The van der Waals surface area contributed by atoms with Crippen LogP contribution in [0.15, 0.2) is 24.5 Å². The molecule has 2 rings (SSSR count). The summed E-state index contributed by atoms with van der Waals surface area (Å²) in [6.45, 7) is 0. The molecule has 1 heterocycles. The number of carboxylic acid groups (broad SMARTS) is 1. The van der Waals surface area contributed by atoms with Crippen molar-refractivity contribution < 1.29 is 9.90 Å². The van der Waals surface area contributed by atoms with E-state index in [9.17, 15) is 4.79 Å². The normalized spacial score (nSPS) is 9.58. The number of carboxylic acids is 1. The second-order valence-corrected chi connectivity index (χ2v) is 3.61.